The van der Waals surface area contributed by atoms with E-state index in [0.29, 0.717) is 11.4 Å². The Morgan fingerprint density at radius 2 is 2.00 bits per heavy atom. The molecule has 2 aromatic rings. The summed E-state index contributed by atoms with van der Waals surface area (Å²) in [7, 11) is -3.76. The molecule has 7 nitrogen and oxygen atoms in total. The number of sulfone groups is 1. The minimum atomic E-state index is -3.76. The molecule has 30 heavy (non-hydrogen) atoms. The fourth-order valence-corrected chi connectivity index (χ4v) is 5.32. The Hall–Kier alpha value is -2.87. The van der Waals surface area contributed by atoms with Gasteiger partial charge in [-0.3, -0.25) is 9.59 Å². The number of ether oxygens (including phenoxy) is 1. The molecule has 8 heteroatoms. The zero-order valence-electron chi connectivity index (χ0n) is 16.7. The fraction of sp³-hybridized carbons (Fsp3) is 0.364. The highest BCUT2D eigenvalue weighted by molar-refractivity contribution is 7.92. The fourth-order valence-electron chi connectivity index (χ4n) is 3.94. The standard InChI is InChI=1S/C22H24N2O5S/c1-14(11-21(25)23-18-8-4-6-15-5-2-3-7-17(15)18)30(27,28)16-9-10-20-19(12-16)24-22(26)13-29-20/h4,6,8-10,12,14H,2-3,5,7,11,13H2,1H3,(H,23,25)(H,24,26)/t14-/m0/s1. The van der Waals surface area contributed by atoms with Crippen molar-refractivity contribution in [3.05, 3.63) is 47.5 Å². The molecule has 1 aliphatic carbocycles. The molecule has 1 atom stereocenters. The average molecular weight is 429 g/mol. The SMILES string of the molecule is C[C@@H](CC(=O)Nc1cccc2c1CCCC2)S(=O)(=O)c1ccc2c(c1)NC(=O)CO2. The molecule has 2 aliphatic rings. The van der Waals surface area contributed by atoms with Gasteiger partial charge in [0, 0.05) is 12.1 Å². The second-order valence-electron chi connectivity index (χ2n) is 7.75. The Labute approximate surface area is 175 Å². The van der Waals surface area contributed by atoms with Gasteiger partial charge in [-0.05, 0) is 68.0 Å². The molecule has 158 valence electrons. The lowest BCUT2D eigenvalue weighted by atomic mass is 9.90. The maximum absolute atomic E-state index is 13.0. The minimum absolute atomic E-state index is 0.0458. The lowest BCUT2D eigenvalue weighted by Crippen LogP contribution is -2.27. The van der Waals surface area contributed by atoms with Gasteiger partial charge in [-0.1, -0.05) is 12.1 Å². The van der Waals surface area contributed by atoms with Gasteiger partial charge in [0.05, 0.1) is 15.8 Å². The predicted octanol–water partition coefficient (Wildman–Crippen LogP) is 3.09. The number of nitrogens with one attached hydrogen (secondary N) is 2. The van der Waals surface area contributed by atoms with Crippen molar-refractivity contribution in [2.24, 2.45) is 0 Å². The smallest absolute Gasteiger partial charge is 0.262 e. The molecule has 0 saturated heterocycles. The van der Waals surface area contributed by atoms with Gasteiger partial charge in [-0.15, -0.1) is 0 Å². The van der Waals surface area contributed by atoms with Crippen molar-refractivity contribution in [3.63, 3.8) is 0 Å². The summed E-state index contributed by atoms with van der Waals surface area (Å²) in [5.41, 5.74) is 3.49. The first-order valence-electron chi connectivity index (χ1n) is 10.1. The molecule has 0 radical (unpaired) electrons. The Morgan fingerprint density at radius 1 is 1.20 bits per heavy atom. The number of carbonyl (C=O) groups excluding carboxylic acids is 2. The number of rotatable bonds is 5. The second kappa shape index (κ2) is 8.10. The van der Waals surface area contributed by atoms with Crippen LogP contribution < -0.4 is 15.4 Å². The Kier molecular flexibility index (Phi) is 5.51. The minimum Gasteiger partial charge on any atom is -0.482 e. The van der Waals surface area contributed by atoms with Crippen LogP contribution in [0.1, 0.15) is 37.3 Å². The molecule has 0 spiro atoms. The molecule has 0 fully saturated rings. The van der Waals surface area contributed by atoms with E-state index in [0.717, 1.165) is 36.9 Å². The monoisotopic (exact) mass is 428 g/mol. The van der Waals surface area contributed by atoms with Gasteiger partial charge in [0.2, 0.25) is 5.91 Å². The molecular weight excluding hydrogens is 404 g/mol. The summed E-state index contributed by atoms with van der Waals surface area (Å²) < 4.78 is 31.2. The van der Waals surface area contributed by atoms with Crippen molar-refractivity contribution in [2.45, 2.75) is 49.2 Å². The van der Waals surface area contributed by atoms with Crippen LogP contribution in [0.4, 0.5) is 11.4 Å². The van der Waals surface area contributed by atoms with Gasteiger partial charge in [-0.25, -0.2) is 8.42 Å². The number of fused-ring (bicyclic) bond motifs is 2. The zero-order chi connectivity index (χ0) is 21.3. The van der Waals surface area contributed by atoms with E-state index in [1.807, 2.05) is 12.1 Å². The van der Waals surface area contributed by atoms with Crippen LogP contribution in [0.3, 0.4) is 0 Å². The third-order valence-electron chi connectivity index (χ3n) is 5.59. The Bertz CT molecular complexity index is 1110. The third kappa shape index (κ3) is 4.05. The predicted molar refractivity (Wildman–Crippen MR) is 114 cm³/mol. The molecule has 0 saturated carbocycles. The molecule has 1 aliphatic heterocycles. The molecule has 2 aromatic carbocycles. The third-order valence-corrected chi connectivity index (χ3v) is 7.72. The van der Waals surface area contributed by atoms with Crippen molar-refractivity contribution in [3.8, 4) is 5.75 Å². The number of benzene rings is 2. The quantitative estimate of drug-likeness (QED) is 0.762. The number of hydrogen-bond acceptors (Lipinski definition) is 5. The first-order valence-corrected chi connectivity index (χ1v) is 11.6. The number of carbonyl (C=O) groups is 2. The van der Waals surface area contributed by atoms with Crippen molar-refractivity contribution in [1.29, 1.82) is 0 Å². The molecule has 1 heterocycles. The van der Waals surface area contributed by atoms with E-state index in [1.54, 1.807) is 0 Å². The van der Waals surface area contributed by atoms with Crippen molar-refractivity contribution < 1.29 is 22.7 Å². The lowest BCUT2D eigenvalue weighted by molar-refractivity contribution is -0.118. The Balaban J connectivity index is 1.48. The van der Waals surface area contributed by atoms with E-state index >= 15 is 0 Å². The summed E-state index contributed by atoms with van der Waals surface area (Å²) in [6, 6.07) is 10.2. The Morgan fingerprint density at radius 3 is 2.83 bits per heavy atom. The van der Waals surface area contributed by atoms with Gasteiger partial charge in [0.15, 0.2) is 16.4 Å². The van der Waals surface area contributed by atoms with Crippen LogP contribution >= 0.6 is 0 Å². The summed E-state index contributed by atoms with van der Waals surface area (Å²) in [5.74, 6) is -0.247. The summed E-state index contributed by atoms with van der Waals surface area (Å²) in [6.45, 7) is 1.42. The van der Waals surface area contributed by atoms with E-state index in [1.165, 1.54) is 30.7 Å². The van der Waals surface area contributed by atoms with Gasteiger partial charge in [-0.2, -0.15) is 0 Å². The molecule has 0 unspecified atom stereocenters. The van der Waals surface area contributed by atoms with Crippen molar-refractivity contribution in [2.75, 3.05) is 17.2 Å². The van der Waals surface area contributed by atoms with Gasteiger partial charge < -0.3 is 15.4 Å². The van der Waals surface area contributed by atoms with Crippen molar-refractivity contribution in [1.82, 2.24) is 0 Å². The molecule has 4 rings (SSSR count). The molecular formula is C22H24N2O5S. The first-order chi connectivity index (χ1) is 14.3. The molecule has 0 bridgehead atoms. The number of hydrogen-bond donors (Lipinski definition) is 2. The highest BCUT2D eigenvalue weighted by Crippen LogP contribution is 2.32. The van der Waals surface area contributed by atoms with Crippen LogP contribution in [0.2, 0.25) is 0 Å². The maximum Gasteiger partial charge on any atom is 0.262 e. The second-order valence-corrected chi connectivity index (χ2v) is 10.1. The van der Waals surface area contributed by atoms with E-state index < -0.39 is 15.1 Å². The topological polar surface area (TPSA) is 102 Å². The summed E-state index contributed by atoms with van der Waals surface area (Å²) in [4.78, 5) is 24.2. The maximum atomic E-state index is 13.0. The van der Waals surface area contributed by atoms with E-state index in [4.69, 9.17) is 4.74 Å². The first kappa shape index (κ1) is 20.4. The lowest BCUT2D eigenvalue weighted by Gasteiger charge is -2.21. The molecule has 2 amide bonds. The van der Waals surface area contributed by atoms with Crippen LogP contribution in [0.25, 0.3) is 0 Å². The van der Waals surface area contributed by atoms with E-state index in [-0.39, 0.29) is 29.7 Å². The zero-order valence-corrected chi connectivity index (χ0v) is 17.6. The summed E-state index contributed by atoms with van der Waals surface area (Å²) in [5, 5.41) is 4.58. The average Bonchev–Trinajstić information content (AvgIpc) is 2.73. The van der Waals surface area contributed by atoms with Crippen LogP contribution in [0, 0.1) is 0 Å². The summed E-state index contributed by atoms with van der Waals surface area (Å²) in [6.07, 6.45) is 3.99. The molecule has 2 N–H and O–H groups in total. The van der Waals surface area contributed by atoms with Crippen LogP contribution in [-0.4, -0.2) is 32.1 Å². The van der Waals surface area contributed by atoms with Crippen molar-refractivity contribution >= 4 is 33.0 Å². The highest BCUT2D eigenvalue weighted by atomic mass is 32.2. The van der Waals surface area contributed by atoms with E-state index in [9.17, 15) is 18.0 Å². The normalized spacial score (nSPS) is 16.5. The van der Waals surface area contributed by atoms with Gasteiger partial charge in [0.1, 0.15) is 5.75 Å². The largest absolute Gasteiger partial charge is 0.482 e. The van der Waals surface area contributed by atoms with Crippen LogP contribution in [0.5, 0.6) is 5.75 Å². The number of amides is 2. The van der Waals surface area contributed by atoms with E-state index in [2.05, 4.69) is 16.7 Å². The van der Waals surface area contributed by atoms with Gasteiger partial charge in [0.25, 0.3) is 5.91 Å². The van der Waals surface area contributed by atoms with Crippen LogP contribution in [0.15, 0.2) is 41.3 Å². The van der Waals surface area contributed by atoms with Crippen LogP contribution in [-0.2, 0) is 32.3 Å². The number of aryl methyl sites for hydroxylation is 1. The van der Waals surface area contributed by atoms with Gasteiger partial charge >= 0.3 is 0 Å². The highest BCUT2D eigenvalue weighted by Gasteiger charge is 2.28. The summed E-state index contributed by atoms with van der Waals surface area (Å²) >= 11 is 0. The molecule has 0 aromatic heterocycles. The number of anilines is 2.